The van der Waals surface area contributed by atoms with Crippen LogP contribution >= 0.6 is 0 Å². The summed E-state index contributed by atoms with van der Waals surface area (Å²) in [4.78, 5) is 29.2. The predicted octanol–water partition coefficient (Wildman–Crippen LogP) is 1.69. The molecule has 2 aliphatic heterocycles. The minimum absolute atomic E-state index is 0.120. The van der Waals surface area contributed by atoms with Crippen molar-refractivity contribution in [2.75, 3.05) is 32.8 Å². The average Bonchev–Trinajstić information content (AvgIpc) is 3.33. The van der Waals surface area contributed by atoms with Crippen molar-refractivity contribution in [2.24, 2.45) is 0 Å². The lowest BCUT2D eigenvalue weighted by Crippen LogP contribution is -2.53. The largest absolute Gasteiger partial charge is 0.326 e. The first kappa shape index (κ1) is 20.9. The molecule has 31 heavy (non-hydrogen) atoms. The summed E-state index contributed by atoms with van der Waals surface area (Å²) in [6.07, 6.45) is 7.49. The number of benzene rings is 1. The Morgan fingerprint density at radius 3 is 2.35 bits per heavy atom. The number of urea groups is 1. The lowest BCUT2D eigenvalue weighted by Gasteiger charge is -2.36. The molecular weight excluding hydrogens is 416 g/mol. The van der Waals surface area contributed by atoms with Gasteiger partial charge in [0.15, 0.2) is 0 Å². The van der Waals surface area contributed by atoms with E-state index in [0.29, 0.717) is 43.9 Å². The Hall–Kier alpha value is -1.97. The molecule has 2 heterocycles. The molecular formula is C22H30N4O4S. The van der Waals surface area contributed by atoms with Gasteiger partial charge in [-0.1, -0.05) is 25.3 Å². The van der Waals surface area contributed by atoms with Gasteiger partial charge >= 0.3 is 6.03 Å². The lowest BCUT2D eigenvalue weighted by atomic mass is 9.82. The first-order chi connectivity index (χ1) is 14.9. The zero-order chi connectivity index (χ0) is 21.6. The summed E-state index contributed by atoms with van der Waals surface area (Å²) < 4.78 is 27.8. The summed E-state index contributed by atoms with van der Waals surface area (Å²) >= 11 is 0. The highest BCUT2D eigenvalue weighted by molar-refractivity contribution is 7.89. The molecule has 9 heteroatoms. The second-order valence-electron chi connectivity index (χ2n) is 9.25. The van der Waals surface area contributed by atoms with Gasteiger partial charge in [0.25, 0.3) is 5.91 Å². The van der Waals surface area contributed by atoms with E-state index in [2.05, 4.69) is 5.32 Å². The van der Waals surface area contributed by atoms with Gasteiger partial charge in [0, 0.05) is 26.2 Å². The number of rotatable bonds is 4. The average molecular weight is 447 g/mol. The number of sulfonamides is 1. The van der Waals surface area contributed by atoms with Crippen molar-refractivity contribution in [1.29, 1.82) is 0 Å². The molecule has 1 N–H and O–H groups in total. The van der Waals surface area contributed by atoms with E-state index in [1.807, 2.05) is 17.0 Å². The number of imide groups is 1. The number of carbonyl (C=O) groups is 2. The number of hydrogen-bond acceptors (Lipinski definition) is 5. The third-order valence-corrected chi connectivity index (χ3v) is 9.23. The van der Waals surface area contributed by atoms with Crippen LogP contribution in [0, 0.1) is 0 Å². The highest BCUT2D eigenvalue weighted by atomic mass is 32.2. The van der Waals surface area contributed by atoms with Crippen molar-refractivity contribution >= 4 is 22.0 Å². The van der Waals surface area contributed by atoms with Gasteiger partial charge in [-0.2, -0.15) is 4.31 Å². The normalized spacial score (nSPS) is 24.6. The number of amides is 3. The van der Waals surface area contributed by atoms with Crippen LogP contribution in [0.4, 0.5) is 4.79 Å². The predicted molar refractivity (Wildman–Crippen MR) is 115 cm³/mol. The first-order valence-corrected chi connectivity index (χ1v) is 12.8. The van der Waals surface area contributed by atoms with E-state index in [1.54, 1.807) is 6.07 Å². The molecule has 1 aromatic carbocycles. The Kier molecular flexibility index (Phi) is 5.30. The number of fused-ring (bicyclic) bond motifs is 1. The fourth-order valence-corrected chi connectivity index (χ4v) is 6.94. The number of nitrogens with zero attached hydrogens (tertiary/aromatic N) is 3. The van der Waals surface area contributed by atoms with E-state index in [9.17, 15) is 18.0 Å². The van der Waals surface area contributed by atoms with Crippen LogP contribution in [0.1, 0.15) is 49.7 Å². The topological polar surface area (TPSA) is 90.0 Å². The summed E-state index contributed by atoms with van der Waals surface area (Å²) in [6.45, 7) is 1.92. The first-order valence-electron chi connectivity index (χ1n) is 11.4. The summed E-state index contributed by atoms with van der Waals surface area (Å²) in [7, 11) is -3.53. The van der Waals surface area contributed by atoms with Gasteiger partial charge in [-0.25, -0.2) is 18.1 Å². The molecule has 0 unspecified atom stereocenters. The Labute approximate surface area is 183 Å². The van der Waals surface area contributed by atoms with E-state index >= 15 is 0 Å². The van der Waals surface area contributed by atoms with Crippen molar-refractivity contribution in [3.8, 4) is 0 Å². The molecule has 0 atom stereocenters. The lowest BCUT2D eigenvalue weighted by molar-refractivity contribution is -0.134. The van der Waals surface area contributed by atoms with Gasteiger partial charge in [0.2, 0.25) is 10.0 Å². The molecule has 8 nitrogen and oxygen atoms in total. The van der Waals surface area contributed by atoms with Crippen molar-refractivity contribution < 1.29 is 18.0 Å². The molecule has 0 aromatic heterocycles. The fraction of sp³-hybridized carbons (Fsp3) is 0.636. The number of hydrogen-bond donors (Lipinski definition) is 1. The van der Waals surface area contributed by atoms with Crippen LogP contribution in [0.3, 0.4) is 0 Å². The molecule has 4 aliphatic rings. The summed E-state index contributed by atoms with van der Waals surface area (Å²) in [5.41, 5.74) is 1.69. The molecule has 1 saturated carbocycles. The van der Waals surface area contributed by atoms with Crippen LogP contribution in [0.25, 0.3) is 0 Å². The Balaban J connectivity index is 1.22. The molecule has 1 spiro atoms. The van der Waals surface area contributed by atoms with Crippen LogP contribution in [0.5, 0.6) is 0 Å². The molecule has 2 saturated heterocycles. The fourth-order valence-electron chi connectivity index (χ4n) is 5.47. The SMILES string of the molecule is O=C1NC2(CCCCC2)C(=O)N1CN1CCN(S(=O)(=O)c2ccc3c(c2)CCC3)CC1. The van der Waals surface area contributed by atoms with Crippen molar-refractivity contribution in [2.45, 2.75) is 61.8 Å². The summed E-state index contributed by atoms with van der Waals surface area (Å²) in [6, 6.07) is 5.19. The van der Waals surface area contributed by atoms with Crippen molar-refractivity contribution in [3.05, 3.63) is 29.3 Å². The zero-order valence-electron chi connectivity index (χ0n) is 17.8. The summed E-state index contributed by atoms with van der Waals surface area (Å²) in [5.74, 6) is -0.120. The van der Waals surface area contributed by atoms with E-state index in [1.165, 1.54) is 14.8 Å². The van der Waals surface area contributed by atoms with Gasteiger partial charge < -0.3 is 5.32 Å². The molecule has 3 amide bonds. The maximum atomic E-state index is 13.1. The van der Waals surface area contributed by atoms with Crippen molar-refractivity contribution in [3.63, 3.8) is 0 Å². The number of nitrogens with one attached hydrogen (secondary N) is 1. The highest BCUT2D eigenvalue weighted by Crippen LogP contribution is 2.34. The molecule has 1 aromatic rings. The van der Waals surface area contributed by atoms with Crippen LogP contribution in [0.2, 0.25) is 0 Å². The van der Waals surface area contributed by atoms with E-state index in [0.717, 1.165) is 44.1 Å². The molecule has 0 bridgehead atoms. The quantitative estimate of drug-likeness (QED) is 0.711. The minimum Gasteiger partial charge on any atom is -0.323 e. The Morgan fingerprint density at radius 2 is 1.61 bits per heavy atom. The van der Waals surface area contributed by atoms with Crippen molar-refractivity contribution in [1.82, 2.24) is 19.4 Å². The molecule has 2 aliphatic carbocycles. The highest BCUT2D eigenvalue weighted by Gasteiger charge is 2.51. The zero-order valence-corrected chi connectivity index (χ0v) is 18.6. The maximum Gasteiger partial charge on any atom is 0.326 e. The molecule has 5 rings (SSSR count). The van der Waals surface area contributed by atoms with E-state index in [-0.39, 0.29) is 18.6 Å². The van der Waals surface area contributed by atoms with Gasteiger partial charge in [-0.05, 0) is 55.4 Å². The number of piperazine rings is 1. The summed E-state index contributed by atoms with van der Waals surface area (Å²) in [5, 5.41) is 2.94. The Morgan fingerprint density at radius 1 is 0.903 bits per heavy atom. The molecule has 168 valence electrons. The standard InChI is InChI=1S/C22H30N4O4S/c27-20-22(9-2-1-3-10-22)23-21(28)26(20)16-24-11-13-25(14-12-24)31(29,30)19-8-7-17-5-4-6-18(17)15-19/h7-8,15H,1-6,9-14,16H2,(H,23,28). The number of carbonyl (C=O) groups excluding carboxylic acids is 2. The van der Waals surface area contributed by atoms with E-state index < -0.39 is 15.6 Å². The monoisotopic (exact) mass is 446 g/mol. The third kappa shape index (κ3) is 3.66. The maximum absolute atomic E-state index is 13.1. The van der Waals surface area contributed by atoms with Crippen LogP contribution in [0.15, 0.2) is 23.1 Å². The van der Waals surface area contributed by atoms with Gasteiger partial charge in [0.1, 0.15) is 5.54 Å². The second kappa shape index (κ2) is 7.86. The smallest absolute Gasteiger partial charge is 0.323 e. The number of aryl methyl sites for hydroxylation is 2. The van der Waals surface area contributed by atoms with Crippen LogP contribution in [-0.4, -0.2) is 72.8 Å². The van der Waals surface area contributed by atoms with E-state index in [4.69, 9.17) is 0 Å². The molecule has 3 fully saturated rings. The Bertz CT molecular complexity index is 995. The third-order valence-electron chi connectivity index (χ3n) is 7.33. The van der Waals surface area contributed by atoms with Gasteiger partial charge in [-0.3, -0.25) is 9.69 Å². The van der Waals surface area contributed by atoms with Gasteiger partial charge in [0.05, 0.1) is 11.6 Å². The molecule has 0 radical (unpaired) electrons. The van der Waals surface area contributed by atoms with Crippen LogP contribution < -0.4 is 5.32 Å². The van der Waals surface area contributed by atoms with Gasteiger partial charge in [-0.15, -0.1) is 0 Å². The van der Waals surface area contributed by atoms with Crippen LogP contribution in [-0.2, 0) is 27.7 Å². The second-order valence-corrected chi connectivity index (χ2v) is 11.2. The minimum atomic E-state index is -3.53.